The lowest BCUT2D eigenvalue weighted by Gasteiger charge is -2.48. The van der Waals surface area contributed by atoms with Gasteiger partial charge in [-0.15, -0.1) is 11.3 Å². The van der Waals surface area contributed by atoms with Crippen molar-refractivity contribution in [3.8, 4) is 0 Å². The highest BCUT2D eigenvalue weighted by Crippen LogP contribution is 2.49. The number of piperidine rings is 1. The normalized spacial score (nSPS) is 19.9. The molecule has 1 atom stereocenters. The van der Waals surface area contributed by atoms with Gasteiger partial charge in [-0.3, -0.25) is 4.72 Å². The van der Waals surface area contributed by atoms with Crippen LogP contribution in [-0.4, -0.2) is 44.1 Å². The Bertz CT molecular complexity index is 1000. The van der Waals surface area contributed by atoms with Crippen LogP contribution in [0.5, 0.6) is 0 Å². The maximum atomic E-state index is 12.9. The third kappa shape index (κ3) is 4.10. The summed E-state index contributed by atoms with van der Waals surface area (Å²) in [6, 6.07) is 11.1. The van der Waals surface area contributed by atoms with Gasteiger partial charge >= 0.3 is 0 Å². The van der Waals surface area contributed by atoms with Crippen LogP contribution in [0.4, 0.5) is 11.4 Å². The van der Waals surface area contributed by atoms with Crippen molar-refractivity contribution < 1.29 is 12.6 Å². The van der Waals surface area contributed by atoms with E-state index in [9.17, 15) is 12.6 Å². The minimum Gasteiger partial charge on any atom is -0.370 e. The molecule has 2 fully saturated rings. The van der Waals surface area contributed by atoms with E-state index in [1.54, 1.807) is 6.07 Å². The Labute approximate surface area is 179 Å². The van der Waals surface area contributed by atoms with E-state index >= 15 is 0 Å². The summed E-state index contributed by atoms with van der Waals surface area (Å²) in [7, 11) is -2.05. The van der Waals surface area contributed by atoms with Gasteiger partial charge in [0.15, 0.2) is 11.0 Å². The number of hydrogen-bond acceptors (Lipinski definition) is 5. The Morgan fingerprint density at radius 2 is 1.76 bits per heavy atom. The van der Waals surface area contributed by atoms with Gasteiger partial charge in [0.25, 0.3) is 10.0 Å². The predicted molar refractivity (Wildman–Crippen MR) is 119 cm³/mol. The molecule has 1 saturated heterocycles. The highest BCUT2D eigenvalue weighted by atomic mass is 32.3. The first-order chi connectivity index (χ1) is 13.8. The number of nitrogens with zero attached hydrogens (tertiary/aromatic N) is 2. The van der Waals surface area contributed by atoms with Crippen molar-refractivity contribution in [1.29, 1.82) is 0 Å². The van der Waals surface area contributed by atoms with Crippen molar-refractivity contribution in [1.82, 2.24) is 4.31 Å². The van der Waals surface area contributed by atoms with E-state index in [-0.39, 0.29) is 4.21 Å². The fraction of sp³-hybridized carbons (Fsp3) is 0.500. The highest BCUT2D eigenvalue weighted by Gasteiger charge is 2.39. The first-order valence-corrected chi connectivity index (χ1v) is 13.3. The minimum atomic E-state index is -3.51. The van der Waals surface area contributed by atoms with Gasteiger partial charge in [0.05, 0.1) is 11.4 Å². The Balaban J connectivity index is 1.49. The van der Waals surface area contributed by atoms with Gasteiger partial charge in [0, 0.05) is 27.2 Å². The molecule has 1 saturated carbocycles. The molecule has 1 spiro atoms. The van der Waals surface area contributed by atoms with Gasteiger partial charge in [0.2, 0.25) is 0 Å². The van der Waals surface area contributed by atoms with E-state index in [0.717, 1.165) is 35.8 Å². The lowest BCUT2D eigenvalue weighted by molar-refractivity contribution is 0.0955. The first kappa shape index (κ1) is 20.8. The molecule has 1 unspecified atom stereocenters. The Morgan fingerprint density at radius 3 is 2.38 bits per heavy atom. The number of para-hydroxylation sites is 2. The van der Waals surface area contributed by atoms with Crippen molar-refractivity contribution in [3.63, 3.8) is 0 Å². The standard InChI is InChI=1S/C20H27N3O3S3/c1-22(2)29(25,26)19-9-8-18(27-19)28(24)21-16-6-3-4-7-17(16)23-14-12-20(13-15-23)10-5-11-20/h3-4,6-9,21H,5,10-15H2,1-2H3. The number of rotatable bonds is 6. The SMILES string of the molecule is CN(C)S(=O)(=O)c1ccc(S(=O)Nc2ccccc2N2CCC3(CCC3)CC2)s1. The molecule has 4 rings (SSSR count). The second-order valence-corrected chi connectivity index (χ2v) is 13.0. The molecule has 0 radical (unpaired) electrons. The van der Waals surface area contributed by atoms with Gasteiger partial charge < -0.3 is 4.90 Å². The minimum absolute atomic E-state index is 0.197. The smallest absolute Gasteiger partial charge is 0.252 e. The average molecular weight is 454 g/mol. The van der Waals surface area contributed by atoms with Crippen LogP contribution < -0.4 is 9.62 Å². The van der Waals surface area contributed by atoms with Gasteiger partial charge in [0.1, 0.15) is 8.42 Å². The first-order valence-electron chi connectivity index (χ1n) is 9.86. The molecule has 2 heterocycles. The zero-order valence-corrected chi connectivity index (χ0v) is 19.2. The van der Waals surface area contributed by atoms with Crippen molar-refractivity contribution in [3.05, 3.63) is 36.4 Å². The molecule has 29 heavy (non-hydrogen) atoms. The number of sulfonamides is 1. The van der Waals surface area contributed by atoms with Crippen molar-refractivity contribution in [2.75, 3.05) is 36.8 Å². The Hall–Kier alpha value is -1.42. The van der Waals surface area contributed by atoms with Gasteiger partial charge in [-0.05, 0) is 55.4 Å². The zero-order chi connectivity index (χ0) is 20.6. The Morgan fingerprint density at radius 1 is 1.07 bits per heavy atom. The summed E-state index contributed by atoms with van der Waals surface area (Å²) in [6.07, 6.45) is 6.54. The molecule has 158 valence electrons. The number of benzene rings is 1. The summed E-state index contributed by atoms with van der Waals surface area (Å²) < 4.78 is 42.4. The van der Waals surface area contributed by atoms with Crippen LogP contribution in [0.1, 0.15) is 32.1 Å². The highest BCUT2D eigenvalue weighted by molar-refractivity contribution is 7.92. The molecule has 1 aliphatic carbocycles. The van der Waals surface area contributed by atoms with E-state index in [1.165, 1.54) is 56.6 Å². The van der Waals surface area contributed by atoms with Crippen LogP contribution in [0.25, 0.3) is 0 Å². The molecule has 6 nitrogen and oxygen atoms in total. The molecule has 0 amide bonds. The molecule has 2 aromatic rings. The summed E-state index contributed by atoms with van der Waals surface area (Å²) in [5, 5.41) is 0. The number of hydrogen-bond donors (Lipinski definition) is 1. The van der Waals surface area contributed by atoms with Crippen molar-refractivity contribution in [2.24, 2.45) is 5.41 Å². The van der Waals surface area contributed by atoms with Gasteiger partial charge in [-0.25, -0.2) is 16.9 Å². The average Bonchev–Trinajstić information content (AvgIpc) is 3.18. The number of anilines is 2. The largest absolute Gasteiger partial charge is 0.370 e. The summed E-state index contributed by atoms with van der Waals surface area (Å²) in [5.41, 5.74) is 2.46. The van der Waals surface area contributed by atoms with Crippen LogP contribution in [0.3, 0.4) is 0 Å². The van der Waals surface area contributed by atoms with Crippen LogP contribution >= 0.6 is 11.3 Å². The fourth-order valence-electron chi connectivity index (χ4n) is 4.11. The molecule has 1 aromatic carbocycles. The van der Waals surface area contributed by atoms with Crippen molar-refractivity contribution in [2.45, 2.75) is 40.5 Å². The third-order valence-electron chi connectivity index (χ3n) is 6.16. The monoisotopic (exact) mass is 453 g/mol. The van der Waals surface area contributed by atoms with Crippen LogP contribution in [0.15, 0.2) is 44.8 Å². The van der Waals surface area contributed by atoms with E-state index in [0.29, 0.717) is 9.62 Å². The molecule has 1 aromatic heterocycles. The number of thiophene rings is 1. The lowest BCUT2D eigenvalue weighted by atomic mass is 9.63. The van der Waals surface area contributed by atoms with E-state index in [4.69, 9.17) is 0 Å². The summed E-state index contributed by atoms with van der Waals surface area (Å²) in [4.78, 5) is 2.37. The summed E-state index contributed by atoms with van der Waals surface area (Å²) in [6.45, 7) is 2.05. The molecule has 0 bridgehead atoms. The van der Waals surface area contributed by atoms with E-state index in [1.807, 2.05) is 18.2 Å². The topological polar surface area (TPSA) is 69.7 Å². The predicted octanol–water partition coefficient (Wildman–Crippen LogP) is 3.90. The van der Waals surface area contributed by atoms with Gasteiger partial charge in [-0.2, -0.15) is 0 Å². The second kappa shape index (κ2) is 8.02. The maximum absolute atomic E-state index is 12.9. The molecular weight excluding hydrogens is 426 g/mol. The maximum Gasteiger partial charge on any atom is 0.252 e. The molecule has 2 aliphatic rings. The Kier molecular flexibility index (Phi) is 5.76. The van der Waals surface area contributed by atoms with E-state index < -0.39 is 21.0 Å². The summed E-state index contributed by atoms with van der Waals surface area (Å²) >= 11 is 1.04. The zero-order valence-electron chi connectivity index (χ0n) is 16.8. The fourth-order valence-corrected chi connectivity index (χ4v) is 7.83. The van der Waals surface area contributed by atoms with Crippen LogP contribution in [-0.2, 0) is 21.0 Å². The quantitative estimate of drug-likeness (QED) is 0.720. The summed E-state index contributed by atoms with van der Waals surface area (Å²) in [5.74, 6) is 0. The molecular formula is C20H27N3O3S3. The van der Waals surface area contributed by atoms with Gasteiger partial charge in [-0.1, -0.05) is 18.6 Å². The molecule has 1 aliphatic heterocycles. The third-order valence-corrected chi connectivity index (χ3v) is 10.9. The lowest BCUT2D eigenvalue weighted by Crippen LogP contribution is -2.43. The molecule has 9 heteroatoms. The second-order valence-electron chi connectivity index (χ2n) is 8.09. The van der Waals surface area contributed by atoms with Crippen molar-refractivity contribution >= 4 is 43.7 Å². The number of nitrogens with one attached hydrogen (secondary N) is 1. The van der Waals surface area contributed by atoms with E-state index in [2.05, 4.69) is 15.7 Å². The van der Waals surface area contributed by atoms with Crippen LogP contribution in [0.2, 0.25) is 0 Å². The molecule has 1 N–H and O–H groups in total. The van der Waals surface area contributed by atoms with Crippen LogP contribution in [0, 0.1) is 5.41 Å².